The Morgan fingerprint density at radius 1 is 0.475 bits per heavy atom. The van der Waals surface area contributed by atoms with Crippen LogP contribution in [0.4, 0.5) is 26.3 Å². The average molecular weight is 2540 g/mol. The molecule has 0 atom stereocenters. The summed E-state index contributed by atoms with van der Waals surface area (Å²) in [6, 6.07) is 68.5. The fourth-order valence-electron chi connectivity index (χ4n) is 9.87. The number of benzene rings is 6. The summed E-state index contributed by atoms with van der Waals surface area (Å²) in [5, 5.41) is 51.4. The van der Waals surface area contributed by atoms with Crippen molar-refractivity contribution in [2.75, 3.05) is 7.05 Å². The molecule has 0 amide bonds. The van der Waals surface area contributed by atoms with Crippen LogP contribution in [0, 0.1) is 99.9 Å². The number of halogens is 6. The van der Waals surface area contributed by atoms with Gasteiger partial charge in [0, 0.05) is 223 Å². The van der Waals surface area contributed by atoms with Crippen LogP contribution >= 0.6 is 11.3 Å². The summed E-state index contributed by atoms with van der Waals surface area (Å²) in [7, 11) is 6.96. The van der Waals surface area contributed by atoms with Crippen molar-refractivity contribution in [1.82, 2.24) is 59.6 Å². The average Bonchev–Trinajstić information content (AvgIpc) is 1.74. The van der Waals surface area contributed by atoms with E-state index in [0.29, 0.717) is 23.6 Å². The molecule has 0 saturated carbocycles. The Morgan fingerprint density at radius 2 is 0.942 bits per heavy atom. The van der Waals surface area contributed by atoms with Crippen LogP contribution in [0.1, 0.15) is 79.1 Å². The number of ketones is 1. The van der Waals surface area contributed by atoms with Crippen molar-refractivity contribution in [3.05, 3.63) is 347 Å². The van der Waals surface area contributed by atoms with Gasteiger partial charge in [-0.3, -0.25) is 45.2 Å². The minimum absolute atomic E-state index is 0. The summed E-state index contributed by atoms with van der Waals surface area (Å²) in [5.41, 5.74) is 9.77. The molecule has 0 aliphatic heterocycles. The fraction of sp³-hybridized carbons (Fsp3) is 0.136. The third-order valence-electron chi connectivity index (χ3n) is 15.8. The van der Waals surface area contributed by atoms with E-state index in [1.54, 1.807) is 102 Å². The van der Waals surface area contributed by atoms with Crippen molar-refractivity contribution < 1.29 is 166 Å². The predicted octanol–water partition coefficient (Wildman–Crippen LogP) is 18.6. The van der Waals surface area contributed by atoms with Crippen molar-refractivity contribution >= 4 is 55.9 Å². The van der Waals surface area contributed by atoms with Gasteiger partial charge in [0.05, 0.1) is 5.76 Å². The maximum atomic E-state index is 13.9. The van der Waals surface area contributed by atoms with Crippen LogP contribution in [0.3, 0.4) is 0 Å². The van der Waals surface area contributed by atoms with Gasteiger partial charge in [0.15, 0.2) is 22.9 Å². The summed E-state index contributed by atoms with van der Waals surface area (Å²) >= 11 is 1.73. The third kappa shape index (κ3) is 33.1. The first-order valence-electron chi connectivity index (χ1n) is 34.7. The molecule has 15 rings (SSSR count). The Morgan fingerprint density at radius 3 is 1.38 bits per heavy atom. The van der Waals surface area contributed by atoms with Gasteiger partial charge in [-0.15, -0.1) is 95.9 Å². The molecule has 9 heterocycles. The molecule has 32 heteroatoms. The van der Waals surface area contributed by atoms with Crippen LogP contribution in [0.15, 0.2) is 231 Å². The number of nitrogens with zero attached hydrogens (tertiary/aromatic N) is 11. The van der Waals surface area contributed by atoms with E-state index in [1.165, 1.54) is 80.0 Å². The molecule has 5 N–H and O–H groups in total. The zero-order valence-corrected chi connectivity index (χ0v) is 78.5. The van der Waals surface area contributed by atoms with Crippen LogP contribution in [0.5, 0.6) is 0 Å². The van der Waals surface area contributed by atoms with E-state index < -0.39 is 52.8 Å². The standard InChI is InChI=1S/C15H10N.C14H13F2N2.C13H8NS.C12H8F2N.C11H6F2N.3C6H8N2O2.C5H8O2.5Ir/c1-2-7-13(8-3-1)15-14-9-5-4-6-12(14)10-11-16-15;1-9-12(15)4-3-11(14(9)16)13-7-10(8-17-2)5-6-18-13;1-2-7-12-10(5-1)9-13(15-12)11-6-3-4-8-14-11;1-8-4-5-15-12(6-8)10-3-2-9(13)7-11(10)14;12-8-4-5-9(10(13)7-8)11-3-1-2-6-14-11;3*1-4-3-5(6(9)10)7-8(4)2;1-4(6)3-5(2)7;;;;;/h1-7,9-11H;4-7,17H,8H2,1-2H3;1-8H;2,4-7H,1H3;1-4,6-7H;3*3H,1-2H3,(H,9,10);3,6H,1-2H3;;;;;/q5*-1;;;;;;;;;. The number of aryl methyl sites for hydroxylation is 7. The molecular formula is C88H77F6Ir5N12O8S-5. The molecule has 635 valence electrons. The third-order valence-corrected chi connectivity index (χ3v) is 16.9. The molecular weight excluding hydrogens is 2460 g/mol. The molecule has 5 radical (unpaired) electrons. The van der Waals surface area contributed by atoms with Gasteiger partial charge < -0.3 is 50.7 Å². The van der Waals surface area contributed by atoms with Gasteiger partial charge in [-0.2, -0.15) is 15.3 Å². The second-order valence-electron chi connectivity index (χ2n) is 24.7. The van der Waals surface area contributed by atoms with E-state index in [0.717, 1.165) is 80.4 Å². The predicted molar refractivity (Wildman–Crippen MR) is 429 cm³/mol. The monoisotopic (exact) mass is 2540 g/mol. The summed E-state index contributed by atoms with van der Waals surface area (Å²) in [4.78, 5) is 62.8. The van der Waals surface area contributed by atoms with Crippen molar-refractivity contribution in [3.8, 4) is 55.6 Å². The number of hydrogen-bond donors (Lipinski definition) is 5. The van der Waals surface area contributed by atoms with Gasteiger partial charge in [0.2, 0.25) is 0 Å². The van der Waals surface area contributed by atoms with Gasteiger partial charge >= 0.3 is 17.9 Å². The van der Waals surface area contributed by atoms with Crippen molar-refractivity contribution in [2.24, 2.45) is 21.1 Å². The molecule has 20 nitrogen and oxygen atoms in total. The molecule has 0 unspecified atom stereocenters. The number of hydrogen-bond acceptors (Lipinski definition) is 15. The molecule has 0 aliphatic carbocycles. The van der Waals surface area contributed by atoms with Gasteiger partial charge in [-0.25, -0.2) is 25.7 Å². The number of aliphatic hydroxyl groups excluding tert-OH is 1. The van der Waals surface area contributed by atoms with Crippen molar-refractivity contribution in [1.29, 1.82) is 0 Å². The normalized spacial score (nSPS) is 9.93. The Hall–Kier alpha value is -10.7. The number of carbonyl (C=O) groups is 4. The Labute approximate surface area is 761 Å². The molecule has 0 bridgehead atoms. The molecule has 9 aromatic heterocycles. The first-order chi connectivity index (χ1) is 54.9. The van der Waals surface area contributed by atoms with Crippen molar-refractivity contribution in [3.63, 3.8) is 0 Å². The molecule has 0 spiro atoms. The zero-order chi connectivity index (χ0) is 83.8. The fourth-order valence-corrected chi connectivity index (χ4v) is 10.9. The number of thiophene rings is 1. The van der Waals surface area contributed by atoms with Crippen LogP contribution in [0.2, 0.25) is 0 Å². The van der Waals surface area contributed by atoms with Crippen molar-refractivity contribution in [2.45, 2.75) is 55.0 Å². The van der Waals surface area contributed by atoms with E-state index in [-0.39, 0.29) is 151 Å². The first-order valence-corrected chi connectivity index (χ1v) is 35.5. The van der Waals surface area contributed by atoms with Crippen LogP contribution < -0.4 is 5.32 Å². The summed E-state index contributed by atoms with van der Waals surface area (Å²) < 4.78 is 84.8. The number of rotatable bonds is 11. The van der Waals surface area contributed by atoms with E-state index in [1.807, 2.05) is 105 Å². The molecule has 6 aromatic carbocycles. The van der Waals surface area contributed by atoms with Gasteiger partial charge in [-0.05, 0) is 146 Å². The number of allylic oxidation sites excluding steroid dienone is 2. The quantitative estimate of drug-likeness (QED) is 0.0348. The number of pyridine rings is 5. The number of carboxylic acid groups (broad SMARTS) is 3. The van der Waals surface area contributed by atoms with E-state index >= 15 is 0 Å². The molecule has 0 aliphatic rings. The maximum absolute atomic E-state index is 13.9. The minimum atomic E-state index is -0.983. The number of carbonyl (C=O) groups excluding carboxylic acids is 1. The molecule has 120 heavy (non-hydrogen) atoms. The second-order valence-corrected chi connectivity index (χ2v) is 25.7. The topological polar surface area (TPSA) is 279 Å². The van der Waals surface area contributed by atoms with E-state index in [4.69, 9.17) is 20.4 Å². The Kier molecular flexibility index (Phi) is 46.6. The smallest absolute Gasteiger partial charge is 0.356 e. The molecule has 0 fully saturated rings. The Balaban J connectivity index is 0.000000460. The summed E-state index contributed by atoms with van der Waals surface area (Å²) in [6.45, 7) is 12.2. The van der Waals surface area contributed by atoms with E-state index in [9.17, 15) is 45.5 Å². The second kappa shape index (κ2) is 53.1. The number of nitrogens with one attached hydrogen (secondary N) is 1. The van der Waals surface area contributed by atoms with Gasteiger partial charge in [0.25, 0.3) is 0 Å². The maximum Gasteiger partial charge on any atom is 0.356 e. The zero-order valence-electron chi connectivity index (χ0n) is 65.8. The first kappa shape index (κ1) is 105. The SMILES string of the molecule is CC(=O)C=C(C)O.CNCc1ccnc(-c2[c-]cc(F)c(C)c2F)c1.Cc1cc(C(=O)O)nn1C.Cc1cc(C(=O)O)nn1C.Cc1cc(C(=O)O)nn1C.Cc1ccnc(-c2[c-]cc(F)cc2F)c1.Fc1c[c-]c(-c2ccccn2)c(F)c1.[Ir].[Ir].[Ir].[Ir].[Ir].[c-]1c(-c2ccccn2)sc2ccccc12.[c-]1ccccc1-c1nccc2ccccc12. The van der Waals surface area contributed by atoms with Gasteiger partial charge in [-0.1, -0.05) is 120 Å². The number of aromatic carboxylic acids is 3. The summed E-state index contributed by atoms with van der Waals surface area (Å²) in [6.07, 6.45) is 9.56. The number of carboxylic acids is 3. The minimum Gasteiger partial charge on any atom is -0.512 e. The Bertz CT molecular complexity index is 5580. The number of aromatic nitrogens is 11. The van der Waals surface area contributed by atoms with Gasteiger partial charge in [0.1, 0.15) is 0 Å². The van der Waals surface area contributed by atoms with Crippen LogP contribution in [-0.2, 0) is 133 Å². The number of aliphatic hydroxyl groups is 1. The largest absolute Gasteiger partial charge is 0.512 e. The molecule has 0 saturated heterocycles. The van der Waals surface area contributed by atoms with E-state index in [2.05, 4.69) is 106 Å². The van der Waals surface area contributed by atoms with Crippen LogP contribution in [-0.4, -0.2) is 105 Å². The summed E-state index contributed by atoms with van der Waals surface area (Å²) in [5.74, 6) is -6.78. The number of fused-ring (bicyclic) bond motifs is 2. The van der Waals surface area contributed by atoms with Crippen LogP contribution in [0.25, 0.3) is 76.5 Å². The molecule has 15 aromatic rings.